The van der Waals surface area contributed by atoms with Gasteiger partial charge in [-0.25, -0.2) is 4.79 Å². The van der Waals surface area contributed by atoms with Crippen molar-refractivity contribution in [3.63, 3.8) is 0 Å². The Hall–Kier alpha value is -1.55. The quantitative estimate of drug-likeness (QED) is 0.430. The molecule has 0 heterocycles. The molecule has 0 saturated heterocycles. The average molecular weight is 236 g/mol. The summed E-state index contributed by atoms with van der Waals surface area (Å²) in [4.78, 5) is 11.6. The van der Waals surface area contributed by atoms with E-state index in [0.717, 1.165) is 19.4 Å². The van der Waals surface area contributed by atoms with Crippen LogP contribution in [-0.2, 0) is 4.74 Å². The van der Waals surface area contributed by atoms with Crippen LogP contribution < -0.4 is 11.1 Å². The summed E-state index contributed by atoms with van der Waals surface area (Å²) < 4.78 is 5.11. The maximum absolute atomic E-state index is 11.6. The molecule has 0 bridgehead atoms. The third-order valence-electron chi connectivity index (χ3n) is 2.37. The van der Waals surface area contributed by atoms with Crippen LogP contribution in [0, 0.1) is 0 Å². The second-order valence-electron chi connectivity index (χ2n) is 3.86. The first-order valence-electron chi connectivity index (χ1n) is 5.97. The molecule has 94 valence electrons. The van der Waals surface area contributed by atoms with Gasteiger partial charge in [-0.1, -0.05) is 13.3 Å². The fourth-order valence-electron chi connectivity index (χ4n) is 1.35. The highest BCUT2D eigenvalue weighted by Crippen LogP contribution is 2.06. The van der Waals surface area contributed by atoms with Gasteiger partial charge in [0, 0.05) is 12.2 Å². The van der Waals surface area contributed by atoms with Crippen molar-refractivity contribution in [1.29, 1.82) is 0 Å². The lowest BCUT2D eigenvalue weighted by Gasteiger charge is -2.06. The topological polar surface area (TPSA) is 64.3 Å². The van der Waals surface area contributed by atoms with Crippen LogP contribution in [0.3, 0.4) is 0 Å². The van der Waals surface area contributed by atoms with Crippen molar-refractivity contribution >= 4 is 11.7 Å². The van der Waals surface area contributed by atoms with E-state index in [1.807, 2.05) is 0 Å². The molecule has 0 atom stereocenters. The third kappa shape index (κ3) is 5.36. The number of carbonyl (C=O) groups is 1. The van der Waals surface area contributed by atoms with Crippen molar-refractivity contribution < 1.29 is 9.53 Å². The van der Waals surface area contributed by atoms with Crippen LogP contribution in [0.25, 0.3) is 0 Å². The number of hydrogen-bond donors (Lipinski definition) is 2. The SMILES string of the molecule is CCCCNCCOC(=O)c1ccc(N)cc1. The summed E-state index contributed by atoms with van der Waals surface area (Å²) in [6.45, 7) is 4.20. The molecule has 0 amide bonds. The Morgan fingerprint density at radius 1 is 1.29 bits per heavy atom. The first-order valence-corrected chi connectivity index (χ1v) is 5.97. The molecule has 0 aliphatic carbocycles. The van der Waals surface area contributed by atoms with Crippen LogP contribution in [0.5, 0.6) is 0 Å². The smallest absolute Gasteiger partial charge is 0.338 e. The molecule has 0 saturated carbocycles. The van der Waals surface area contributed by atoms with E-state index >= 15 is 0 Å². The second-order valence-corrected chi connectivity index (χ2v) is 3.86. The van der Waals surface area contributed by atoms with Gasteiger partial charge in [0.15, 0.2) is 0 Å². The molecule has 1 aromatic carbocycles. The van der Waals surface area contributed by atoms with E-state index in [1.165, 1.54) is 0 Å². The number of nitrogens with two attached hydrogens (primary N) is 1. The monoisotopic (exact) mass is 236 g/mol. The highest BCUT2D eigenvalue weighted by Gasteiger charge is 2.05. The minimum absolute atomic E-state index is 0.303. The number of anilines is 1. The highest BCUT2D eigenvalue weighted by molar-refractivity contribution is 5.89. The van der Waals surface area contributed by atoms with Crippen molar-refractivity contribution in [2.75, 3.05) is 25.4 Å². The minimum Gasteiger partial charge on any atom is -0.461 e. The number of hydrogen-bond acceptors (Lipinski definition) is 4. The number of esters is 1. The molecule has 3 N–H and O–H groups in total. The predicted octanol–water partition coefficient (Wildman–Crippen LogP) is 1.82. The highest BCUT2D eigenvalue weighted by atomic mass is 16.5. The molecular weight excluding hydrogens is 216 g/mol. The average Bonchev–Trinajstić information content (AvgIpc) is 2.34. The zero-order valence-electron chi connectivity index (χ0n) is 10.2. The molecule has 1 aromatic rings. The molecule has 0 radical (unpaired) electrons. The number of nitrogens with one attached hydrogen (secondary N) is 1. The predicted molar refractivity (Wildman–Crippen MR) is 68.9 cm³/mol. The summed E-state index contributed by atoms with van der Waals surface area (Å²) >= 11 is 0. The summed E-state index contributed by atoms with van der Waals surface area (Å²) in [5.74, 6) is -0.303. The second kappa shape index (κ2) is 7.68. The Balaban J connectivity index is 2.19. The van der Waals surface area contributed by atoms with Crippen molar-refractivity contribution in [3.05, 3.63) is 29.8 Å². The molecule has 0 aromatic heterocycles. The lowest BCUT2D eigenvalue weighted by Crippen LogP contribution is -2.22. The number of carbonyl (C=O) groups excluding carboxylic acids is 1. The molecule has 0 spiro atoms. The molecular formula is C13H20N2O2. The Labute approximate surface area is 102 Å². The molecule has 0 aliphatic heterocycles. The van der Waals surface area contributed by atoms with E-state index in [4.69, 9.17) is 10.5 Å². The van der Waals surface area contributed by atoms with Crippen LogP contribution in [0.4, 0.5) is 5.69 Å². The molecule has 0 fully saturated rings. The summed E-state index contributed by atoms with van der Waals surface area (Å²) in [6, 6.07) is 6.72. The maximum atomic E-state index is 11.6. The Bertz CT molecular complexity index is 336. The van der Waals surface area contributed by atoms with Crippen LogP contribution in [0.15, 0.2) is 24.3 Å². The van der Waals surface area contributed by atoms with Gasteiger partial charge in [-0.15, -0.1) is 0 Å². The Kier molecular flexibility index (Phi) is 6.10. The van der Waals surface area contributed by atoms with Crippen LogP contribution in [-0.4, -0.2) is 25.7 Å². The lowest BCUT2D eigenvalue weighted by atomic mass is 10.2. The normalized spacial score (nSPS) is 10.2. The molecule has 4 nitrogen and oxygen atoms in total. The van der Waals surface area contributed by atoms with Gasteiger partial charge in [0.25, 0.3) is 0 Å². The van der Waals surface area contributed by atoms with Crippen molar-refractivity contribution in [3.8, 4) is 0 Å². The summed E-state index contributed by atoms with van der Waals surface area (Å²) in [5, 5.41) is 3.21. The molecule has 4 heteroatoms. The van der Waals surface area contributed by atoms with E-state index in [2.05, 4.69) is 12.2 Å². The number of ether oxygens (including phenoxy) is 1. The van der Waals surface area contributed by atoms with E-state index < -0.39 is 0 Å². The van der Waals surface area contributed by atoms with Gasteiger partial charge in [0.2, 0.25) is 0 Å². The van der Waals surface area contributed by atoms with Gasteiger partial charge in [0.05, 0.1) is 5.56 Å². The fourth-order valence-corrected chi connectivity index (χ4v) is 1.35. The molecule has 1 rings (SSSR count). The summed E-state index contributed by atoms with van der Waals surface area (Å²) in [6.07, 6.45) is 2.31. The van der Waals surface area contributed by atoms with E-state index in [0.29, 0.717) is 24.4 Å². The van der Waals surface area contributed by atoms with E-state index in [1.54, 1.807) is 24.3 Å². The number of nitrogen functional groups attached to an aromatic ring is 1. The first kappa shape index (κ1) is 13.5. The molecule has 0 aliphatic rings. The number of unbranched alkanes of at least 4 members (excludes halogenated alkanes) is 1. The van der Waals surface area contributed by atoms with Gasteiger partial charge in [-0.2, -0.15) is 0 Å². The van der Waals surface area contributed by atoms with Gasteiger partial charge in [0.1, 0.15) is 6.61 Å². The summed E-state index contributed by atoms with van der Waals surface area (Å²) in [5.41, 5.74) is 6.71. The zero-order valence-corrected chi connectivity index (χ0v) is 10.2. The third-order valence-corrected chi connectivity index (χ3v) is 2.37. The van der Waals surface area contributed by atoms with Crippen LogP contribution in [0.1, 0.15) is 30.1 Å². The van der Waals surface area contributed by atoms with Crippen molar-refractivity contribution in [2.24, 2.45) is 0 Å². The maximum Gasteiger partial charge on any atom is 0.338 e. The van der Waals surface area contributed by atoms with Crippen LogP contribution >= 0.6 is 0 Å². The van der Waals surface area contributed by atoms with Gasteiger partial charge in [-0.05, 0) is 37.2 Å². The Morgan fingerprint density at radius 3 is 2.65 bits per heavy atom. The van der Waals surface area contributed by atoms with Gasteiger partial charge >= 0.3 is 5.97 Å². The number of rotatable bonds is 7. The standard InChI is InChI=1S/C13H20N2O2/c1-2-3-8-15-9-10-17-13(16)11-4-6-12(14)7-5-11/h4-7,15H,2-3,8-10,14H2,1H3. The van der Waals surface area contributed by atoms with Gasteiger partial charge in [-0.3, -0.25) is 0 Å². The van der Waals surface area contributed by atoms with E-state index in [9.17, 15) is 4.79 Å². The Morgan fingerprint density at radius 2 is 2.00 bits per heavy atom. The van der Waals surface area contributed by atoms with E-state index in [-0.39, 0.29) is 5.97 Å². The molecule has 0 unspecified atom stereocenters. The summed E-state index contributed by atoms with van der Waals surface area (Å²) in [7, 11) is 0. The van der Waals surface area contributed by atoms with Crippen LogP contribution in [0.2, 0.25) is 0 Å². The van der Waals surface area contributed by atoms with Crippen molar-refractivity contribution in [2.45, 2.75) is 19.8 Å². The van der Waals surface area contributed by atoms with Gasteiger partial charge < -0.3 is 15.8 Å². The lowest BCUT2D eigenvalue weighted by molar-refractivity contribution is 0.0509. The van der Waals surface area contributed by atoms with Crippen molar-refractivity contribution in [1.82, 2.24) is 5.32 Å². The zero-order chi connectivity index (χ0) is 12.5. The number of benzene rings is 1. The molecule has 17 heavy (non-hydrogen) atoms. The largest absolute Gasteiger partial charge is 0.461 e. The minimum atomic E-state index is -0.303. The first-order chi connectivity index (χ1) is 8.24. The fraction of sp³-hybridized carbons (Fsp3) is 0.462.